The van der Waals surface area contributed by atoms with Crippen molar-refractivity contribution in [2.75, 3.05) is 4.90 Å². The molecule has 0 bridgehead atoms. The Balaban J connectivity index is 2.02. The second-order valence-electron chi connectivity index (χ2n) is 6.39. The highest BCUT2D eigenvalue weighted by molar-refractivity contribution is 8.24. The van der Waals surface area contributed by atoms with Crippen LogP contribution in [0.1, 0.15) is 19.4 Å². The third-order valence-corrected chi connectivity index (χ3v) is 5.60. The number of thiocarbonyl (C=S) groups is 1. The summed E-state index contributed by atoms with van der Waals surface area (Å²) in [6.45, 7) is 3.92. The fraction of sp³-hybridized carbons (Fsp3) is 0.222. The van der Waals surface area contributed by atoms with Crippen LogP contribution in [0.15, 0.2) is 54.6 Å². The highest BCUT2D eigenvalue weighted by Crippen LogP contribution is 2.43. The number of para-hydroxylation sites is 1. The van der Waals surface area contributed by atoms with Gasteiger partial charge in [-0.15, -0.1) is 0 Å². The number of benzene rings is 2. The number of rotatable bonds is 4. The third kappa shape index (κ3) is 3.56. The fourth-order valence-corrected chi connectivity index (χ4v) is 4.85. The molecule has 8 heteroatoms. The smallest absolute Gasteiger partial charge is 0.270 e. The van der Waals surface area contributed by atoms with Gasteiger partial charge in [-0.25, -0.2) is 0 Å². The van der Waals surface area contributed by atoms with E-state index in [1.165, 1.54) is 30.1 Å². The van der Waals surface area contributed by atoms with Gasteiger partial charge in [0.1, 0.15) is 9.07 Å². The van der Waals surface area contributed by atoms with Gasteiger partial charge in [-0.05, 0) is 32.0 Å². The highest BCUT2D eigenvalue weighted by Gasteiger charge is 2.51. The first kappa shape index (κ1) is 18.3. The van der Waals surface area contributed by atoms with Crippen molar-refractivity contribution in [3.8, 4) is 0 Å². The van der Waals surface area contributed by atoms with E-state index < -0.39 is 15.8 Å². The first-order valence-electron chi connectivity index (χ1n) is 7.91. The van der Waals surface area contributed by atoms with Crippen molar-refractivity contribution in [2.45, 2.75) is 24.8 Å². The molecule has 0 spiro atoms. The van der Waals surface area contributed by atoms with E-state index in [1.807, 2.05) is 49.1 Å². The predicted octanol–water partition coefficient (Wildman–Crippen LogP) is 4.17. The molecule has 1 aliphatic heterocycles. The Kier molecular flexibility index (Phi) is 4.97. The standard InChI is InChI=1S/C18H17N3O3S2/c1-18(2)16(20(17(25)26-18)14-8-4-3-5-9-14)19(22)12-13-7-6-10-15(11-13)21(23)24/h3-12,16H,1-2H3/b19-12-/t16-/m0/s1. The molecule has 0 unspecified atom stereocenters. The molecule has 0 radical (unpaired) electrons. The van der Waals surface area contributed by atoms with Crippen molar-refractivity contribution in [1.82, 2.24) is 0 Å². The van der Waals surface area contributed by atoms with Gasteiger partial charge in [0.2, 0.25) is 0 Å². The van der Waals surface area contributed by atoms with Gasteiger partial charge < -0.3 is 5.21 Å². The number of nitrogens with zero attached hydrogens (tertiary/aromatic N) is 3. The summed E-state index contributed by atoms with van der Waals surface area (Å²) in [5.41, 5.74) is 1.26. The lowest BCUT2D eigenvalue weighted by atomic mass is 10.1. The maximum absolute atomic E-state index is 13.0. The highest BCUT2D eigenvalue weighted by atomic mass is 32.2. The summed E-state index contributed by atoms with van der Waals surface area (Å²) >= 11 is 6.98. The number of nitro benzene ring substituents is 1. The second-order valence-corrected chi connectivity index (χ2v) is 8.68. The first-order chi connectivity index (χ1) is 12.3. The molecule has 1 heterocycles. The number of hydrogen-bond acceptors (Lipinski definition) is 5. The molecular weight excluding hydrogens is 370 g/mol. The largest absolute Gasteiger partial charge is 0.622 e. The average molecular weight is 387 g/mol. The third-order valence-electron chi connectivity index (χ3n) is 4.05. The number of hydrogen-bond donors (Lipinski definition) is 0. The van der Waals surface area contributed by atoms with Crippen LogP contribution in [0.25, 0.3) is 0 Å². The Hall–Kier alpha value is -2.45. The molecule has 1 aliphatic rings. The number of hydroxylamine groups is 1. The number of non-ortho nitro benzene ring substituents is 1. The zero-order valence-electron chi connectivity index (χ0n) is 14.2. The van der Waals surface area contributed by atoms with Crippen molar-refractivity contribution in [3.05, 3.63) is 75.5 Å². The van der Waals surface area contributed by atoms with E-state index in [1.54, 1.807) is 12.1 Å². The fourth-order valence-electron chi connectivity index (χ4n) is 2.93. The molecule has 0 saturated carbocycles. The number of nitro groups is 1. The molecule has 6 nitrogen and oxygen atoms in total. The molecule has 1 fully saturated rings. The Morgan fingerprint density at radius 3 is 2.50 bits per heavy atom. The molecule has 0 N–H and O–H groups in total. The van der Waals surface area contributed by atoms with Crippen LogP contribution < -0.4 is 4.90 Å². The van der Waals surface area contributed by atoms with E-state index in [2.05, 4.69) is 0 Å². The Bertz CT molecular complexity index is 884. The van der Waals surface area contributed by atoms with Gasteiger partial charge in [0.05, 0.1) is 4.92 Å². The van der Waals surface area contributed by atoms with Crippen molar-refractivity contribution >= 4 is 45.9 Å². The van der Waals surface area contributed by atoms with Crippen molar-refractivity contribution in [2.24, 2.45) is 0 Å². The summed E-state index contributed by atoms with van der Waals surface area (Å²) < 4.78 is 1.00. The van der Waals surface area contributed by atoms with Crippen LogP contribution in [0, 0.1) is 15.3 Å². The predicted molar refractivity (Wildman–Crippen MR) is 109 cm³/mol. The normalized spacial score (nSPS) is 19.6. The summed E-state index contributed by atoms with van der Waals surface area (Å²) in [6, 6.07) is 15.5. The Labute approximate surface area is 160 Å². The van der Waals surface area contributed by atoms with E-state index in [-0.39, 0.29) is 5.69 Å². The van der Waals surface area contributed by atoms with E-state index >= 15 is 0 Å². The lowest BCUT2D eigenvalue weighted by Gasteiger charge is -2.29. The van der Waals surface area contributed by atoms with Crippen LogP contribution in [-0.2, 0) is 0 Å². The van der Waals surface area contributed by atoms with Crippen LogP contribution in [0.3, 0.4) is 0 Å². The summed E-state index contributed by atoms with van der Waals surface area (Å²) in [5, 5.41) is 24.0. The van der Waals surface area contributed by atoms with Gasteiger partial charge in [-0.1, -0.05) is 48.2 Å². The topological polar surface area (TPSA) is 72.5 Å². The van der Waals surface area contributed by atoms with Crippen molar-refractivity contribution in [1.29, 1.82) is 0 Å². The van der Waals surface area contributed by atoms with Crippen LogP contribution >= 0.6 is 24.0 Å². The van der Waals surface area contributed by atoms with Crippen LogP contribution in [0.5, 0.6) is 0 Å². The molecule has 3 rings (SSSR count). The average Bonchev–Trinajstić information content (AvgIpc) is 2.84. The Morgan fingerprint density at radius 2 is 1.85 bits per heavy atom. The van der Waals surface area contributed by atoms with E-state index in [0.29, 0.717) is 9.88 Å². The molecule has 1 atom stereocenters. The van der Waals surface area contributed by atoms with Crippen LogP contribution in [0.4, 0.5) is 11.4 Å². The monoisotopic (exact) mass is 387 g/mol. The van der Waals surface area contributed by atoms with Gasteiger partial charge in [-0.2, -0.15) is 4.74 Å². The minimum Gasteiger partial charge on any atom is -0.622 e. The first-order valence-corrected chi connectivity index (χ1v) is 9.14. The molecule has 2 aromatic carbocycles. The summed E-state index contributed by atoms with van der Waals surface area (Å²) in [4.78, 5) is 12.3. The van der Waals surface area contributed by atoms with Gasteiger partial charge in [-0.3, -0.25) is 15.0 Å². The zero-order valence-corrected chi connectivity index (χ0v) is 15.9. The van der Waals surface area contributed by atoms with Gasteiger partial charge in [0, 0.05) is 23.4 Å². The van der Waals surface area contributed by atoms with Crippen LogP contribution in [-0.4, -0.2) is 31.1 Å². The summed E-state index contributed by atoms with van der Waals surface area (Å²) in [7, 11) is 0. The molecule has 0 aliphatic carbocycles. The second kappa shape index (κ2) is 7.05. The maximum Gasteiger partial charge on any atom is 0.270 e. The summed E-state index contributed by atoms with van der Waals surface area (Å²) in [5.74, 6) is 0. The minimum absolute atomic E-state index is 0.0531. The SMILES string of the molecule is CC1(C)SC(=S)N(c2ccccc2)[C@@H]1/[N+]([O-])=C/c1cccc([N+](=O)[O-])c1. The zero-order chi connectivity index (χ0) is 18.9. The van der Waals surface area contributed by atoms with E-state index in [9.17, 15) is 15.3 Å². The lowest BCUT2D eigenvalue weighted by Crippen LogP contribution is -2.48. The van der Waals surface area contributed by atoms with Crippen molar-refractivity contribution in [3.63, 3.8) is 0 Å². The Morgan fingerprint density at radius 1 is 1.15 bits per heavy atom. The van der Waals surface area contributed by atoms with Gasteiger partial charge in [0.25, 0.3) is 11.9 Å². The van der Waals surface area contributed by atoms with Gasteiger partial charge in [0.15, 0.2) is 6.21 Å². The molecule has 26 heavy (non-hydrogen) atoms. The maximum atomic E-state index is 13.0. The number of anilines is 1. The molecule has 2 aromatic rings. The van der Waals surface area contributed by atoms with E-state index in [4.69, 9.17) is 12.2 Å². The van der Waals surface area contributed by atoms with Crippen molar-refractivity contribution < 1.29 is 9.66 Å². The molecule has 0 aromatic heterocycles. The summed E-state index contributed by atoms with van der Waals surface area (Å²) in [6.07, 6.45) is 0.811. The quantitative estimate of drug-likeness (QED) is 0.196. The number of thioether (sulfide) groups is 1. The minimum atomic E-state index is -0.568. The molecule has 0 amide bonds. The molecule has 134 valence electrons. The van der Waals surface area contributed by atoms with Gasteiger partial charge >= 0.3 is 0 Å². The van der Waals surface area contributed by atoms with E-state index in [0.717, 1.165) is 10.4 Å². The molecular formula is C18H17N3O3S2. The lowest BCUT2D eigenvalue weighted by molar-refractivity contribution is -0.497. The van der Waals surface area contributed by atoms with Crippen LogP contribution in [0.2, 0.25) is 0 Å². The molecule has 1 saturated heterocycles.